The lowest BCUT2D eigenvalue weighted by molar-refractivity contribution is 1.37. The zero-order valence-electron chi connectivity index (χ0n) is 21.7. The summed E-state index contributed by atoms with van der Waals surface area (Å²) in [5.41, 5.74) is 7.82. The number of benzene rings is 4. The Bertz CT molecular complexity index is 2320. The van der Waals surface area contributed by atoms with Crippen LogP contribution in [0.4, 0.5) is 0 Å². The Kier molecular flexibility index (Phi) is 4.74. The molecular weight excluding hydrogens is 520 g/mol. The molecule has 0 N–H and O–H groups in total. The molecule has 0 spiro atoms. The molecule has 5 aromatic heterocycles. The second-order valence-corrected chi connectivity index (χ2v) is 11.4. The first kappa shape index (κ1) is 22.5. The van der Waals surface area contributed by atoms with Gasteiger partial charge in [-0.05, 0) is 48.5 Å². The van der Waals surface area contributed by atoms with Gasteiger partial charge in [0.15, 0.2) is 0 Å². The minimum Gasteiger partial charge on any atom is -0.254 e. The quantitative estimate of drug-likeness (QED) is 0.205. The van der Waals surface area contributed by atoms with Crippen molar-refractivity contribution in [3.63, 3.8) is 0 Å². The topological polar surface area (TPSA) is 51.6 Å². The van der Waals surface area contributed by atoms with Crippen molar-refractivity contribution in [2.45, 2.75) is 0 Å². The van der Waals surface area contributed by atoms with Gasteiger partial charge in [0, 0.05) is 65.2 Å². The van der Waals surface area contributed by atoms with Gasteiger partial charge in [0.05, 0.1) is 33.5 Å². The van der Waals surface area contributed by atoms with Crippen molar-refractivity contribution in [2.24, 2.45) is 0 Å². The molecular formula is C36H20N4S. The Balaban J connectivity index is 1.20. The molecule has 9 rings (SSSR count). The SMILES string of the molecule is c1cnc2c(c1)ccc1ccc(-c3ccc4sc5ccc(-c6ccc7ccc8cccnc8c7n6)cc5c4c3)nc12. The van der Waals surface area contributed by atoms with E-state index in [1.165, 1.54) is 20.2 Å². The first-order valence-corrected chi connectivity index (χ1v) is 14.4. The highest BCUT2D eigenvalue weighted by atomic mass is 32.1. The van der Waals surface area contributed by atoms with Gasteiger partial charge in [-0.3, -0.25) is 9.97 Å². The van der Waals surface area contributed by atoms with E-state index in [2.05, 4.69) is 107 Å². The van der Waals surface area contributed by atoms with Gasteiger partial charge in [0.1, 0.15) is 0 Å². The molecule has 5 heteroatoms. The molecule has 4 nitrogen and oxygen atoms in total. The van der Waals surface area contributed by atoms with E-state index in [-0.39, 0.29) is 0 Å². The number of rotatable bonds is 2. The minimum atomic E-state index is 0.933. The molecule has 0 bridgehead atoms. The molecule has 0 atom stereocenters. The van der Waals surface area contributed by atoms with E-state index < -0.39 is 0 Å². The Hall–Kier alpha value is -5.26. The highest BCUT2D eigenvalue weighted by molar-refractivity contribution is 7.25. The van der Waals surface area contributed by atoms with Crippen molar-refractivity contribution >= 4 is 75.1 Å². The van der Waals surface area contributed by atoms with E-state index >= 15 is 0 Å². The molecule has 0 aliphatic carbocycles. The second kappa shape index (κ2) is 8.62. The molecule has 0 unspecified atom stereocenters. The number of hydrogen-bond donors (Lipinski definition) is 0. The number of fused-ring (bicyclic) bond motifs is 9. The molecule has 0 aliphatic rings. The van der Waals surface area contributed by atoms with Crippen molar-refractivity contribution in [1.82, 2.24) is 19.9 Å². The zero-order valence-corrected chi connectivity index (χ0v) is 22.6. The van der Waals surface area contributed by atoms with Crippen molar-refractivity contribution in [2.75, 3.05) is 0 Å². The number of aromatic nitrogens is 4. The third kappa shape index (κ3) is 3.53. The fourth-order valence-electron chi connectivity index (χ4n) is 5.87. The maximum absolute atomic E-state index is 5.09. The van der Waals surface area contributed by atoms with Crippen LogP contribution in [0.3, 0.4) is 0 Å². The van der Waals surface area contributed by atoms with Gasteiger partial charge in [-0.15, -0.1) is 11.3 Å². The monoisotopic (exact) mass is 540 g/mol. The summed E-state index contributed by atoms with van der Waals surface area (Å²) >= 11 is 1.82. The van der Waals surface area contributed by atoms with Gasteiger partial charge < -0.3 is 0 Å². The zero-order chi connectivity index (χ0) is 26.9. The fourth-order valence-corrected chi connectivity index (χ4v) is 6.93. The molecule has 4 aromatic carbocycles. The summed E-state index contributed by atoms with van der Waals surface area (Å²) in [4.78, 5) is 19.4. The van der Waals surface area contributed by atoms with Crippen molar-refractivity contribution in [1.29, 1.82) is 0 Å². The molecule has 41 heavy (non-hydrogen) atoms. The molecule has 0 saturated heterocycles. The van der Waals surface area contributed by atoms with E-state index in [0.717, 1.165) is 66.1 Å². The van der Waals surface area contributed by atoms with E-state index in [0.29, 0.717) is 0 Å². The van der Waals surface area contributed by atoms with Crippen molar-refractivity contribution in [3.05, 3.63) is 122 Å². The summed E-state index contributed by atoms with van der Waals surface area (Å²) in [5.74, 6) is 0. The molecule has 0 amide bonds. The lowest BCUT2D eigenvalue weighted by Gasteiger charge is -2.07. The number of hydrogen-bond acceptors (Lipinski definition) is 5. The number of pyridine rings is 4. The largest absolute Gasteiger partial charge is 0.254 e. The lowest BCUT2D eigenvalue weighted by atomic mass is 10.0. The smallest absolute Gasteiger partial charge is 0.0972 e. The van der Waals surface area contributed by atoms with Crippen LogP contribution in [-0.4, -0.2) is 19.9 Å². The molecule has 0 saturated carbocycles. The molecule has 190 valence electrons. The molecule has 0 aliphatic heterocycles. The number of thiophene rings is 1. The summed E-state index contributed by atoms with van der Waals surface area (Å²) in [6, 6.07) is 38.4. The highest BCUT2D eigenvalue weighted by Crippen LogP contribution is 2.39. The van der Waals surface area contributed by atoms with Crippen LogP contribution in [-0.2, 0) is 0 Å². The Morgan fingerprint density at radius 1 is 0.415 bits per heavy atom. The number of nitrogens with zero attached hydrogens (tertiary/aromatic N) is 4. The highest BCUT2D eigenvalue weighted by Gasteiger charge is 2.12. The van der Waals surface area contributed by atoms with Gasteiger partial charge in [0.2, 0.25) is 0 Å². The lowest BCUT2D eigenvalue weighted by Crippen LogP contribution is -1.89. The standard InChI is InChI=1S/C36H20N4S/c1-3-21-5-7-23-9-13-29(39-35(23)33(21)37-17-1)25-11-15-31-27(19-25)28-20-26(12-16-32(28)41-31)30-14-10-24-8-6-22-4-2-18-38-34(22)36(24)40-30/h1-20H. The third-order valence-electron chi connectivity index (χ3n) is 7.93. The summed E-state index contributed by atoms with van der Waals surface area (Å²) in [7, 11) is 0. The predicted octanol–water partition coefficient (Wildman–Crippen LogP) is 9.58. The first-order chi connectivity index (χ1) is 20.3. The van der Waals surface area contributed by atoms with E-state index in [9.17, 15) is 0 Å². The van der Waals surface area contributed by atoms with Crippen LogP contribution in [0.2, 0.25) is 0 Å². The van der Waals surface area contributed by atoms with Crippen LogP contribution in [0.15, 0.2) is 122 Å². The van der Waals surface area contributed by atoms with Crippen LogP contribution >= 0.6 is 11.3 Å². The minimum absolute atomic E-state index is 0.933. The van der Waals surface area contributed by atoms with Crippen LogP contribution in [0.25, 0.3) is 86.3 Å². The van der Waals surface area contributed by atoms with E-state index in [1.807, 2.05) is 35.9 Å². The molecule has 5 heterocycles. The predicted molar refractivity (Wildman–Crippen MR) is 171 cm³/mol. The molecule has 0 fully saturated rings. The maximum Gasteiger partial charge on any atom is 0.0972 e. The van der Waals surface area contributed by atoms with Gasteiger partial charge in [-0.2, -0.15) is 0 Å². The van der Waals surface area contributed by atoms with Gasteiger partial charge in [0.25, 0.3) is 0 Å². The van der Waals surface area contributed by atoms with Crippen molar-refractivity contribution < 1.29 is 0 Å². The normalized spacial score (nSPS) is 11.9. The Labute approximate surface area is 238 Å². The van der Waals surface area contributed by atoms with E-state index in [1.54, 1.807) is 0 Å². The van der Waals surface area contributed by atoms with Crippen LogP contribution in [0, 0.1) is 0 Å². The maximum atomic E-state index is 5.09. The van der Waals surface area contributed by atoms with Gasteiger partial charge >= 0.3 is 0 Å². The van der Waals surface area contributed by atoms with Crippen molar-refractivity contribution in [3.8, 4) is 22.5 Å². The summed E-state index contributed by atoms with van der Waals surface area (Å²) in [6.07, 6.45) is 3.67. The Morgan fingerprint density at radius 2 is 0.854 bits per heavy atom. The molecule has 9 aromatic rings. The molecule has 0 radical (unpaired) electrons. The first-order valence-electron chi connectivity index (χ1n) is 13.5. The summed E-state index contributed by atoms with van der Waals surface area (Å²) in [6.45, 7) is 0. The average molecular weight is 541 g/mol. The summed E-state index contributed by atoms with van der Waals surface area (Å²) in [5, 5.41) is 6.85. The average Bonchev–Trinajstić information content (AvgIpc) is 3.41. The van der Waals surface area contributed by atoms with Crippen LogP contribution in [0.1, 0.15) is 0 Å². The third-order valence-corrected chi connectivity index (χ3v) is 9.08. The summed E-state index contributed by atoms with van der Waals surface area (Å²) < 4.78 is 2.52. The fraction of sp³-hybridized carbons (Fsp3) is 0. The van der Waals surface area contributed by atoms with Gasteiger partial charge in [-0.25, -0.2) is 9.97 Å². The Morgan fingerprint density at radius 3 is 1.34 bits per heavy atom. The van der Waals surface area contributed by atoms with E-state index in [4.69, 9.17) is 9.97 Å². The van der Waals surface area contributed by atoms with Crippen LogP contribution < -0.4 is 0 Å². The second-order valence-electron chi connectivity index (χ2n) is 10.3. The van der Waals surface area contributed by atoms with Gasteiger partial charge in [-0.1, -0.05) is 60.7 Å². The van der Waals surface area contributed by atoms with Crippen LogP contribution in [0.5, 0.6) is 0 Å².